The third kappa shape index (κ3) is 3.70. The molecule has 0 spiro atoms. The second-order valence-electron chi connectivity index (χ2n) is 7.58. The molecule has 1 saturated carbocycles. The number of allylic oxidation sites excluding steroid dienone is 1. The van der Waals surface area contributed by atoms with E-state index < -0.39 is 12.0 Å². The van der Waals surface area contributed by atoms with E-state index in [4.69, 9.17) is 14.2 Å². The van der Waals surface area contributed by atoms with E-state index in [0.29, 0.717) is 38.7 Å². The minimum absolute atomic E-state index is 0.0810. The largest absolute Gasteiger partial charge is 0.459 e. The maximum Gasteiger partial charge on any atom is 0.338 e. The lowest BCUT2D eigenvalue weighted by molar-refractivity contribution is -0.146. The van der Waals surface area contributed by atoms with Gasteiger partial charge in [-0.1, -0.05) is 22.9 Å². The van der Waals surface area contributed by atoms with Gasteiger partial charge in [-0.05, 0) is 56.2 Å². The van der Waals surface area contributed by atoms with Gasteiger partial charge in [0.2, 0.25) is 6.79 Å². The van der Waals surface area contributed by atoms with Crippen molar-refractivity contribution in [1.82, 2.24) is 10.6 Å². The van der Waals surface area contributed by atoms with Crippen LogP contribution in [0.1, 0.15) is 51.1 Å². The molecule has 0 aromatic heterocycles. The smallest absolute Gasteiger partial charge is 0.338 e. The van der Waals surface area contributed by atoms with Gasteiger partial charge in [-0.25, -0.2) is 9.59 Å². The molecule has 150 valence electrons. The van der Waals surface area contributed by atoms with Crippen molar-refractivity contribution in [2.75, 3.05) is 6.79 Å². The van der Waals surface area contributed by atoms with E-state index >= 15 is 0 Å². The third-order valence-electron chi connectivity index (χ3n) is 5.53. The molecule has 2 heterocycles. The molecule has 1 aliphatic carbocycles. The Morgan fingerprint density at radius 3 is 2.57 bits per heavy atom. The second-order valence-corrected chi connectivity index (χ2v) is 8.44. The van der Waals surface area contributed by atoms with Gasteiger partial charge < -0.3 is 24.8 Å². The first-order valence-electron chi connectivity index (χ1n) is 9.50. The van der Waals surface area contributed by atoms with Crippen LogP contribution in [0.3, 0.4) is 0 Å². The fourth-order valence-electron chi connectivity index (χ4n) is 3.91. The van der Waals surface area contributed by atoms with Crippen LogP contribution in [0.5, 0.6) is 11.5 Å². The van der Waals surface area contributed by atoms with Crippen LogP contribution < -0.4 is 20.1 Å². The number of esters is 1. The molecule has 2 N–H and O–H groups in total. The van der Waals surface area contributed by atoms with Crippen molar-refractivity contribution in [1.29, 1.82) is 0 Å². The Morgan fingerprint density at radius 1 is 1.18 bits per heavy atom. The van der Waals surface area contributed by atoms with Crippen LogP contribution in [0.25, 0.3) is 0 Å². The van der Waals surface area contributed by atoms with Crippen LogP contribution in [0.4, 0.5) is 4.79 Å². The molecule has 28 heavy (non-hydrogen) atoms. The minimum atomic E-state index is -0.646. The summed E-state index contributed by atoms with van der Waals surface area (Å²) < 4.78 is 17.4. The van der Waals surface area contributed by atoms with Gasteiger partial charge >= 0.3 is 12.0 Å². The molecule has 1 aromatic carbocycles. The zero-order chi connectivity index (χ0) is 19.8. The number of carbonyl (C=O) groups excluding carboxylic acids is 2. The summed E-state index contributed by atoms with van der Waals surface area (Å²) in [6.07, 6.45) is 3.78. The van der Waals surface area contributed by atoms with Gasteiger partial charge in [0.25, 0.3) is 0 Å². The molecule has 2 aliphatic heterocycles. The minimum Gasteiger partial charge on any atom is -0.459 e. The van der Waals surface area contributed by atoms with Crippen molar-refractivity contribution in [2.45, 2.75) is 51.7 Å². The van der Waals surface area contributed by atoms with Gasteiger partial charge in [-0.3, -0.25) is 0 Å². The lowest BCUT2D eigenvalue weighted by Gasteiger charge is -2.31. The molecular formula is C20H23BrN2O5. The van der Waals surface area contributed by atoms with Crippen LogP contribution in [-0.2, 0) is 9.53 Å². The van der Waals surface area contributed by atoms with Crippen molar-refractivity contribution < 1.29 is 23.8 Å². The Bertz CT molecular complexity index is 845. The molecule has 3 aliphatic rings. The summed E-state index contributed by atoms with van der Waals surface area (Å²) in [6, 6.07) is 2.56. The fraction of sp³-hybridized carbons (Fsp3) is 0.500. The standard InChI is InChI=1S/C20H23BrN2O5/c1-10-3-5-12(6-4-10)28-19(24)17-11(2)22-20(25)23-18(17)13-7-15-16(8-14(13)21)27-9-26-15/h7-8,10,12,18H,3-6,9H2,1-2H3,(H2,22,23,25)/t10?,12?,18-/m0/s1. The van der Waals surface area contributed by atoms with Gasteiger partial charge in [0.15, 0.2) is 11.5 Å². The van der Waals surface area contributed by atoms with Gasteiger partial charge in [0.1, 0.15) is 6.10 Å². The zero-order valence-electron chi connectivity index (χ0n) is 15.8. The maximum atomic E-state index is 13.1. The normalized spacial score (nSPS) is 26.5. The number of ether oxygens (including phenoxy) is 3. The van der Waals surface area contributed by atoms with Gasteiger partial charge in [-0.2, -0.15) is 0 Å². The number of halogens is 1. The van der Waals surface area contributed by atoms with Crippen LogP contribution in [-0.4, -0.2) is 24.9 Å². The number of carbonyl (C=O) groups is 2. The van der Waals surface area contributed by atoms with Crippen molar-refractivity contribution in [3.63, 3.8) is 0 Å². The lowest BCUT2D eigenvalue weighted by Crippen LogP contribution is -2.45. The maximum absolute atomic E-state index is 13.1. The number of hydrogen-bond acceptors (Lipinski definition) is 5. The van der Waals surface area contributed by atoms with E-state index in [1.807, 2.05) is 0 Å². The number of urea groups is 1. The highest BCUT2D eigenvalue weighted by Gasteiger charge is 2.36. The van der Waals surface area contributed by atoms with Crippen LogP contribution >= 0.6 is 15.9 Å². The molecular weight excluding hydrogens is 428 g/mol. The summed E-state index contributed by atoms with van der Waals surface area (Å²) >= 11 is 3.53. The SMILES string of the molecule is CC1=C(C(=O)OC2CCC(C)CC2)[C@H](c2cc3c(cc2Br)OCO3)NC(=O)N1. The second kappa shape index (κ2) is 7.66. The van der Waals surface area contributed by atoms with E-state index in [-0.39, 0.29) is 18.9 Å². The van der Waals surface area contributed by atoms with E-state index in [9.17, 15) is 9.59 Å². The van der Waals surface area contributed by atoms with Crippen LogP contribution in [0.2, 0.25) is 0 Å². The number of nitrogens with one attached hydrogen (secondary N) is 2. The van der Waals surface area contributed by atoms with E-state index in [1.54, 1.807) is 19.1 Å². The first kappa shape index (κ1) is 19.1. The Kier molecular flexibility index (Phi) is 5.23. The average molecular weight is 451 g/mol. The first-order chi connectivity index (χ1) is 13.4. The Labute approximate surface area is 171 Å². The zero-order valence-corrected chi connectivity index (χ0v) is 17.4. The molecule has 1 atom stereocenters. The number of fused-ring (bicyclic) bond motifs is 1. The molecule has 8 heteroatoms. The van der Waals surface area contributed by atoms with Crippen molar-refractivity contribution in [2.24, 2.45) is 5.92 Å². The molecule has 1 aromatic rings. The topological polar surface area (TPSA) is 85.9 Å². The molecule has 0 bridgehead atoms. The molecule has 0 saturated heterocycles. The summed E-state index contributed by atoms with van der Waals surface area (Å²) in [5, 5.41) is 5.52. The highest BCUT2D eigenvalue weighted by molar-refractivity contribution is 9.10. The lowest BCUT2D eigenvalue weighted by atomic mass is 9.88. The summed E-state index contributed by atoms with van der Waals surface area (Å²) in [6.45, 7) is 4.08. The van der Waals surface area contributed by atoms with Gasteiger partial charge in [0.05, 0.1) is 11.6 Å². The van der Waals surface area contributed by atoms with Crippen LogP contribution in [0.15, 0.2) is 27.9 Å². The molecule has 2 amide bonds. The number of rotatable bonds is 3. The molecule has 7 nitrogen and oxygen atoms in total. The number of amides is 2. The van der Waals surface area contributed by atoms with Crippen molar-refractivity contribution >= 4 is 27.9 Å². The number of benzene rings is 1. The first-order valence-corrected chi connectivity index (χ1v) is 10.3. The predicted octanol–water partition coefficient (Wildman–Crippen LogP) is 3.93. The Balaban J connectivity index is 1.63. The number of hydrogen-bond donors (Lipinski definition) is 2. The van der Waals surface area contributed by atoms with Crippen molar-refractivity contribution in [3.8, 4) is 11.5 Å². The summed E-state index contributed by atoms with van der Waals surface area (Å²) in [5.74, 6) is 1.47. The quantitative estimate of drug-likeness (QED) is 0.681. The predicted molar refractivity (Wildman–Crippen MR) is 105 cm³/mol. The Morgan fingerprint density at radius 2 is 1.86 bits per heavy atom. The summed E-state index contributed by atoms with van der Waals surface area (Å²) in [7, 11) is 0. The molecule has 0 radical (unpaired) electrons. The van der Waals surface area contributed by atoms with Gasteiger partial charge in [-0.15, -0.1) is 0 Å². The average Bonchev–Trinajstić information content (AvgIpc) is 3.09. The van der Waals surface area contributed by atoms with Crippen LogP contribution in [0, 0.1) is 5.92 Å². The highest BCUT2D eigenvalue weighted by Crippen LogP contribution is 2.41. The molecule has 1 fully saturated rings. The molecule has 4 rings (SSSR count). The Hall–Kier alpha value is -2.22. The van der Waals surface area contributed by atoms with E-state index in [0.717, 1.165) is 25.7 Å². The molecule has 0 unspecified atom stereocenters. The highest BCUT2D eigenvalue weighted by atomic mass is 79.9. The monoisotopic (exact) mass is 450 g/mol. The van der Waals surface area contributed by atoms with Crippen molar-refractivity contribution in [3.05, 3.63) is 33.4 Å². The fourth-order valence-corrected chi connectivity index (χ4v) is 4.47. The summed E-state index contributed by atoms with van der Waals surface area (Å²) in [5.41, 5.74) is 1.60. The third-order valence-corrected chi connectivity index (χ3v) is 6.22. The van der Waals surface area contributed by atoms with Gasteiger partial charge in [0, 0.05) is 10.2 Å². The van der Waals surface area contributed by atoms with E-state index in [2.05, 4.69) is 33.5 Å². The van der Waals surface area contributed by atoms with E-state index in [1.165, 1.54) is 0 Å². The summed E-state index contributed by atoms with van der Waals surface area (Å²) in [4.78, 5) is 25.2.